The summed E-state index contributed by atoms with van der Waals surface area (Å²) in [6.45, 7) is 3.27. The van der Waals surface area contributed by atoms with Crippen LogP contribution in [0.4, 0.5) is 0 Å². The molecule has 1 saturated carbocycles. The fraction of sp³-hybridized carbons (Fsp3) is 0.478. The smallest absolute Gasteiger partial charge is 0.201 e. The minimum atomic E-state index is -3.71. The molecule has 9 heteroatoms. The number of aliphatic hydroxyl groups excluding tert-OH is 1. The van der Waals surface area contributed by atoms with Gasteiger partial charge < -0.3 is 9.84 Å². The molecule has 0 spiro atoms. The van der Waals surface area contributed by atoms with Crippen molar-refractivity contribution in [3.63, 3.8) is 0 Å². The number of halogens is 1. The molecule has 0 radical (unpaired) electrons. The van der Waals surface area contributed by atoms with E-state index < -0.39 is 21.4 Å². The first kappa shape index (κ1) is 24.7. The van der Waals surface area contributed by atoms with E-state index in [1.165, 1.54) is 19.1 Å². The Morgan fingerprint density at radius 2 is 2.03 bits per heavy atom. The summed E-state index contributed by atoms with van der Waals surface area (Å²) in [6.07, 6.45) is 7.64. The summed E-state index contributed by atoms with van der Waals surface area (Å²) in [5.41, 5.74) is -0.416. The van der Waals surface area contributed by atoms with E-state index in [9.17, 15) is 23.1 Å². The monoisotopic (exact) mass is 496 g/mol. The minimum Gasteiger partial charge on any atom is -0.511 e. The second-order valence-electron chi connectivity index (χ2n) is 7.83. The maximum Gasteiger partial charge on any atom is 0.201 e. The lowest BCUT2D eigenvalue weighted by Crippen LogP contribution is -2.31. The van der Waals surface area contributed by atoms with E-state index in [1.54, 1.807) is 11.8 Å². The van der Waals surface area contributed by atoms with Crippen molar-refractivity contribution in [2.75, 3.05) is 18.1 Å². The Morgan fingerprint density at radius 1 is 1.34 bits per heavy atom. The molecule has 0 saturated heterocycles. The Kier molecular flexibility index (Phi) is 7.33. The number of aliphatic hydroxyl groups is 1. The van der Waals surface area contributed by atoms with Crippen molar-refractivity contribution in [1.82, 2.24) is 0 Å². The summed E-state index contributed by atoms with van der Waals surface area (Å²) < 4.78 is 30.2. The molecule has 1 atom stereocenters. The first-order valence-electron chi connectivity index (χ1n) is 10.4. The number of rotatable bonds is 9. The van der Waals surface area contributed by atoms with Gasteiger partial charge in [-0.15, -0.1) is 6.42 Å². The van der Waals surface area contributed by atoms with Crippen molar-refractivity contribution in [3.8, 4) is 18.1 Å². The summed E-state index contributed by atoms with van der Waals surface area (Å²) in [4.78, 5) is 25.9. The lowest BCUT2D eigenvalue weighted by Gasteiger charge is -2.29. The normalized spacial score (nSPS) is 20.1. The van der Waals surface area contributed by atoms with Crippen LogP contribution in [-0.2, 0) is 14.6 Å². The van der Waals surface area contributed by atoms with Crippen LogP contribution in [0.5, 0.6) is 5.75 Å². The molecule has 0 bridgehead atoms. The van der Waals surface area contributed by atoms with Crippen LogP contribution in [0.15, 0.2) is 28.4 Å². The highest BCUT2D eigenvalue weighted by atomic mass is 35.5. The van der Waals surface area contributed by atoms with Gasteiger partial charge in [-0.05, 0) is 36.6 Å². The SMILES string of the molecule is C#CCOc1c(S(=O)(=O)CC)ccc(C(=O)C2=C(O)CC(C3(SCC)CC3)CC2=O)c1Cl. The number of sulfone groups is 1. The van der Waals surface area contributed by atoms with Gasteiger partial charge in [0.2, 0.25) is 5.78 Å². The summed E-state index contributed by atoms with van der Waals surface area (Å²) in [7, 11) is -3.71. The second-order valence-corrected chi connectivity index (χ2v) is 12.1. The van der Waals surface area contributed by atoms with Gasteiger partial charge in [-0.1, -0.05) is 31.4 Å². The van der Waals surface area contributed by atoms with Crippen LogP contribution < -0.4 is 4.74 Å². The Hall–Kier alpha value is -1.95. The van der Waals surface area contributed by atoms with Crippen LogP contribution in [0.2, 0.25) is 5.02 Å². The molecule has 1 N–H and O–H groups in total. The van der Waals surface area contributed by atoms with Crippen molar-refractivity contribution in [2.45, 2.75) is 49.2 Å². The molecule has 0 amide bonds. The fourth-order valence-corrected chi connectivity index (χ4v) is 6.86. The molecule has 32 heavy (non-hydrogen) atoms. The van der Waals surface area contributed by atoms with Crippen LogP contribution in [0.25, 0.3) is 0 Å². The number of ether oxygens (including phenoxy) is 1. The summed E-state index contributed by atoms with van der Waals surface area (Å²) in [5.74, 6) is 1.28. The van der Waals surface area contributed by atoms with Crippen molar-refractivity contribution >= 4 is 44.8 Å². The summed E-state index contributed by atoms with van der Waals surface area (Å²) in [6, 6.07) is 2.46. The summed E-state index contributed by atoms with van der Waals surface area (Å²) in [5, 5.41) is 10.4. The van der Waals surface area contributed by atoms with Gasteiger partial charge >= 0.3 is 0 Å². The topological polar surface area (TPSA) is 97.7 Å². The van der Waals surface area contributed by atoms with E-state index in [4.69, 9.17) is 22.8 Å². The largest absolute Gasteiger partial charge is 0.511 e. The zero-order valence-electron chi connectivity index (χ0n) is 17.9. The molecule has 1 unspecified atom stereocenters. The van der Waals surface area contributed by atoms with E-state index in [0.717, 1.165) is 18.6 Å². The first-order chi connectivity index (χ1) is 15.1. The van der Waals surface area contributed by atoms with Gasteiger partial charge in [0.25, 0.3) is 0 Å². The quantitative estimate of drug-likeness (QED) is 0.307. The Balaban J connectivity index is 2.00. The van der Waals surface area contributed by atoms with Gasteiger partial charge in [0, 0.05) is 23.2 Å². The molecule has 0 heterocycles. The lowest BCUT2D eigenvalue weighted by molar-refractivity contribution is -0.117. The molecule has 3 rings (SSSR count). The average molecular weight is 497 g/mol. The third-order valence-corrected chi connectivity index (χ3v) is 9.64. The zero-order valence-corrected chi connectivity index (χ0v) is 20.3. The van der Waals surface area contributed by atoms with Crippen molar-refractivity contribution in [1.29, 1.82) is 0 Å². The van der Waals surface area contributed by atoms with E-state index in [1.807, 2.05) is 0 Å². The highest BCUT2D eigenvalue weighted by Crippen LogP contribution is 2.57. The molecule has 0 aliphatic heterocycles. The molecule has 172 valence electrons. The van der Waals surface area contributed by atoms with Gasteiger partial charge in [0.15, 0.2) is 21.4 Å². The van der Waals surface area contributed by atoms with Crippen LogP contribution in [0.1, 0.15) is 49.9 Å². The Labute approximate surface area is 197 Å². The molecular weight excluding hydrogens is 472 g/mol. The molecule has 1 fully saturated rings. The van der Waals surface area contributed by atoms with Crippen LogP contribution in [0.3, 0.4) is 0 Å². The average Bonchev–Trinajstić information content (AvgIpc) is 3.53. The van der Waals surface area contributed by atoms with Crippen LogP contribution >= 0.6 is 23.4 Å². The van der Waals surface area contributed by atoms with Crippen molar-refractivity contribution in [3.05, 3.63) is 34.1 Å². The van der Waals surface area contributed by atoms with E-state index >= 15 is 0 Å². The standard InChI is InChI=1S/C23H25ClO6S2/c1-4-11-30-22-18(32(28,29)6-3)8-7-15(20(22)24)21(27)19-16(25)12-14(13-17(19)26)23(9-10-23)31-5-2/h1,7-8,14,25H,5-6,9-13H2,2-3H3. The first-order valence-corrected chi connectivity index (χ1v) is 13.4. The van der Waals surface area contributed by atoms with Gasteiger partial charge in [0.05, 0.1) is 10.8 Å². The van der Waals surface area contributed by atoms with E-state index in [0.29, 0.717) is 0 Å². The maximum absolute atomic E-state index is 13.2. The molecule has 6 nitrogen and oxygen atoms in total. The number of hydrogen-bond donors (Lipinski definition) is 1. The second kappa shape index (κ2) is 9.50. The van der Waals surface area contributed by atoms with E-state index in [-0.39, 0.29) is 68.4 Å². The van der Waals surface area contributed by atoms with Crippen LogP contribution in [-0.4, -0.2) is 48.0 Å². The Morgan fingerprint density at radius 3 is 2.56 bits per heavy atom. The van der Waals surface area contributed by atoms with Gasteiger partial charge in [-0.2, -0.15) is 11.8 Å². The molecule has 1 aromatic rings. The van der Waals surface area contributed by atoms with E-state index in [2.05, 4.69) is 12.8 Å². The van der Waals surface area contributed by atoms with Gasteiger partial charge in [-0.25, -0.2) is 8.42 Å². The number of allylic oxidation sites excluding steroid dienone is 2. The number of carbonyl (C=O) groups is 2. The van der Waals surface area contributed by atoms with Crippen LogP contribution in [0, 0.1) is 18.3 Å². The van der Waals surface area contributed by atoms with Crippen molar-refractivity contribution < 1.29 is 27.9 Å². The molecule has 1 aromatic carbocycles. The predicted molar refractivity (Wildman–Crippen MR) is 125 cm³/mol. The summed E-state index contributed by atoms with van der Waals surface area (Å²) >= 11 is 8.17. The minimum absolute atomic E-state index is 0.00297. The predicted octanol–water partition coefficient (Wildman–Crippen LogP) is 4.41. The van der Waals surface area contributed by atoms with Crippen molar-refractivity contribution in [2.24, 2.45) is 5.92 Å². The number of thioether (sulfide) groups is 1. The lowest BCUT2D eigenvalue weighted by atomic mass is 9.81. The van der Waals surface area contributed by atoms with Gasteiger partial charge in [0.1, 0.15) is 22.8 Å². The number of ketones is 2. The molecule has 2 aliphatic rings. The Bertz CT molecular complexity index is 1130. The third kappa shape index (κ3) is 4.57. The highest BCUT2D eigenvalue weighted by Gasteiger charge is 2.52. The molecule has 2 aliphatic carbocycles. The number of benzene rings is 1. The van der Waals surface area contributed by atoms with Gasteiger partial charge in [-0.3, -0.25) is 9.59 Å². The molecule has 0 aromatic heterocycles. The highest BCUT2D eigenvalue weighted by molar-refractivity contribution is 8.00. The number of terminal acetylenes is 1. The zero-order chi connectivity index (χ0) is 23.7. The fourth-order valence-electron chi connectivity index (χ4n) is 4.10. The maximum atomic E-state index is 13.2. The number of carbonyl (C=O) groups excluding carboxylic acids is 2. The number of hydrogen-bond acceptors (Lipinski definition) is 7. The third-order valence-electron chi connectivity index (χ3n) is 5.91. The number of Topliss-reactive ketones (excluding diaryl/α,β-unsaturated/α-hetero) is 2. The molecular formula is C23H25ClO6S2.